The average molecular weight is 267 g/mol. The Hall–Kier alpha value is -1.09. The quantitative estimate of drug-likeness (QED) is 0.814. The van der Waals surface area contributed by atoms with Gasteiger partial charge in [-0.05, 0) is 42.5 Å². The van der Waals surface area contributed by atoms with Gasteiger partial charge in [0, 0.05) is 6.04 Å². The smallest absolute Gasteiger partial charge is 0.165 e. The Morgan fingerprint density at radius 2 is 1.84 bits per heavy atom. The van der Waals surface area contributed by atoms with Crippen LogP contribution in [-0.4, -0.2) is 19.7 Å². The third-order valence-corrected chi connectivity index (χ3v) is 3.59. The molecule has 19 heavy (non-hydrogen) atoms. The summed E-state index contributed by atoms with van der Waals surface area (Å²) in [7, 11) is 1.49. The van der Waals surface area contributed by atoms with Gasteiger partial charge in [0.1, 0.15) is 0 Å². The Balaban J connectivity index is 2.56. The fourth-order valence-electron chi connectivity index (χ4n) is 2.03. The SMILES string of the molecule is COc1ccc(CC(C)C(C)CNC(C)C)cc1F. The van der Waals surface area contributed by atoms with Crippen molar-refractivity contribution in [2.45, 2.75) is 40.2 Å². The Bertz CT molecular complexity index is 392. The molecule has 0 aliphatic rings. The molecule has 108 valence electrons. The second-order valence-corrected chi connectivity index (χ2v) is 5.69. The van der Waals surface area contributed by atoms with Gasteiger partial charge in [-0.15, -0.1) is 0 Å². The Labute approximate surface area is 116 Å². The van der Waals surface area contributed by atoms with Crippen molar-refractivity contribution in [1.82, 2.24) is 5.32 Å². The number of hydrogen-bond acceptors (Lipinski definition) is 2. The Kier molecular flexibility index (Phi) is 6.29. The maximum atomic E-state index is 13.6. The van der Waals surface area contributed by atoms with Crippen LogP contribution < -0.4 is 10.1 Å². The van der Waals surface area contributed by atoms with Crippen LogP contribution >= 0.6 is 0 Å². The van der Waals surface area contributed by atoms with Crippen LogP contribution in [0.4, 0.5) is 4.39 Å². The standard InChI is InChI=1S/C16H26FNO/c1-11(2)18-10-13(4)12(3)8-14-6-7-16(19-5)15(17)9-14/h6-7,9,11-13,18H,8,10H2,1-5H3. The first-order valence-electron chi connectivity index (χ1n) is 6.99. The van der Waals surface area contributed by atoms with Crippen molar-refractivity contribution in [2.24, 2.45) is 11.8 Å². The van der Waals surface area contributed by atoms with Gasteiger partial charge in [-0.2, -0.15) is 0 Å². The summed E-state index contributed by atoms with van der Waals surface area (Å²) in [5.74, 6) is 1.11. The van der Waals surface area contributed by atoms with Crippen LogP contribution in [0.2, 0.25) is 0 Å². The molecule has 0 saturated carbocycles. The van der Waals surface area contributed by atoms with Gasteiger partial charge in [0.15, 0.2) is 11.6 Å². The van der Waals surface area contributed by atoms with Gasteiger partial charge >= 0.3 is 0 Å². The largest absolute Gasteiger partial charge is 0.494 e. The molecule has 0 aromatic heterocycles. The molecule has 3 heteroatoms. The van der Waals surface area contributed by atoms with Gasteiger partial charge in [-0.3, -0.25) is 0 Å². The minimum absolute atomic E-state index is 0.278. The van der Waals surface area contributed by atoms with Crippen molar-refractivity contribution in [3.63, 3.8) is 0 Å². The minimum Gasteiger partial charge on any atom is -0.494 e. The summed E-state index contributed by atoms with van der Waals surface area (Å²) in [5, 5.41) is 3.45. The summed E-state index contributed by atoms with van der Waals surface area (Å²) in [6, 6.07) is 5.74. The van der Waals surface area contributed by atoms with E-state index < -0.39 is 0 Å². The molecule has 0 heterocycles. The highest BCUT2D eigenvalue weighted by molar-refractivity contribution is 5.29. The van der Waals surface area contributed by atoms with E-state index in [4.69, 9.17) is 4.74 Å². The summed E-state index contributed by atoms with van der Waals surface area (Å²) >= 11 is 0. The molecule has 0 amide bonds. The van der Waals surface area contributed by atoms with E-state index in [2.05, 4.69) is 33.0 Å². The van der Waals surface area contributed by atoms with E-state index in [1.54, 1.807) is 12.1 Å². The summed E-state index contributed by atoms with van der Waals surface area (Å²) in [4.78, 5) is 0. The molecule has 1 aromatic carbocycles. The topological polar surface area (TPSA) is 21.3 Å². The van der Waals surface area contributed by atoms with Crippen LogP contribution in [0.3, 0.4) is 0 Å². The van der Waals surface area contributed by atoms with Gasteiger partial charge in [-0.25, -0.2) is 4.39 Å². The molecule has 1 aromatic rings. The molecule has 1 rings (SSSR count). The first kappa shape index (κ1) is 16.0. The van der Waals surface area contributed by atoms with Crippen molar-refractivity contribution in [1.29, 1.82) is 0 Å². The number of hydrogen-bond donors (Lipinski definition) is 1. The van der Waals surface area contributed by atoms with Crippen LogP contribution in [-0.2, 0) is 6.42 Å². The first-order valence-corrected chi connectivity index (χ1v) is 6.99. The van der Waals surface area contributed by atoms with Crippen molar-refractivity contribution < 1.29 is 9.13 Å². The normalized spacial score (nSPS) is 14.5. The highest BCUT2D eigenvalue weighted by Crippen LogP contribution is 2.22. The highest BCUT2D eigenvalue weighted by atomic mass is 19.1. The zero-order valence-electron chi connectivity index (χ0n) is 12.7. The number of halogens is 1. The van der Waals surface area contributed by atoms with Crippen LogP contribution in [0.1, 0.15) is 33.3 Å². The van der Waals surface area contributed by atoms with Crippen LogP contribution in [0.5, 0.6) is 5.75 Å². The lowest BCUT2D eigenvalue weighted by Crippen LogP contribution is -2.31. The zero-order valence-corrected chi connectivity index (χ0v) is 12.7. The molecule has 0 bridgehead atoms. The molecule has 0 aliphatic carbocycles. The number of rotatable bonds is 7. The number of nitrogens with one attached hydrogen (secondary N) is 1. The number of benzene rings is 1. The van der Waals surface area contributed by atoms with E-state index in [9.17, 15) is 4.39 Å². The summed E-state index contributed by atoms with van der Waals surface area (Å²) < 4.78 is 18.6. The molecular formula is C16H26FNO. The number of ether oxygens (including phenoxy) is 1. The zero-order chi connectivity index (χ0) is 14.4. The van der Waals surface area contributed by atoms with Gasteiger partial charge in [0.05, 0.1) is 7.11 Å². The van der Waals surface area contributed by atoms with Gasteiger partial charge in [-0.1, -0.05) is 33.8 Å². The Morgan fingerprint density at radius 1 is 1.16 bits per heavy atom. The molecule has 0 radical (unpaired) electrons. The molecular weight excluding hydrogens is 241 g/mol. The van der Waals surface area contributed by atoms with E-state index in [0.29, 0.717) is 23.6 Å². The Morgan fingerprint density at radius 3 is 2.37 bits per heavy atom. The van der Waals surface area contributed by atoms with E-state index in [1.807, 2.05) is 6.07 Å². The van der Waals surface area contributed by atoms with E-state index >= 15 is 0 Å². The molecule has 0 aliphatic heterocycles. The van der Waals surface area contributed by atoms with Crippen molar-refractivity contribution in [2.75, 3.05) is 13.7 Å². The van der Waals surface area contributed by atoms with Gasteiger partial charge in [0.2, 0.25) is 0 Å². The molecule has 0 spiro atoms. The molecule has 2 atom stereocenters. The fraction of sp³-hybridized carbons (Fsp3) is 0.625. The summed E-state index contributed by atoms with van der Waals surface area (Å²) in [6.07, 6.45) is 0.891. The maximum absolute atomic E-state index is 13.6. The maximum Gasteiger partial charge on any atom is 0.165 e. The fourth-order valence-corrected chi connectivity index (χ4v) is 2.03. The summed E-state index contributed by atoms with van der Waals surface area (Å²) in [5.41, 5.74) is 1.03. The third kappa shape index (κ3) is 5.19. The second-order valence-electron chi connectivity index (χ2n) is 5.69. The lowest BCUT2D eigenvalue weighted by Gasteiger charge is -2.22. The summed E-state index contributed by atoms with van der Waals surface area (Å²) in [6.45, 7) is 9.75. The molecule has 0 fully saturated rings. The van der Waals surface area contributed by atoms with Crippen LogP contribution in [0, 0.1) is 17.7 Å². The third-order valence-electron chi connectivity index (χ3n) is 3.59. The van der Waals surface area contributed by atoms with Crippen LogP contribution in [0.25, 0.3) is 0 Å². The van der Waals surface area contributed by atoms with Gasteiger partial charge < -0.3 is 10.1 Å². The molecule has 1 N–H and O–H groups in total. The molecule has 2 nitrogen and oxygen atoms in total. The van der Waals surface area contributed by atoms with E-state index in [-0.39, 0.29) is 5.82 Å². The molecule has 2 unspecified atom stereocenters. The first-order chi connectivity index (χ1) is 8.93. The lowest BCUT2D eigenvalue weighted by atomic mass is 9.89. The minimum atomic E-state index is -0.278. The van der Waals surface area contributed by atoms with Crippen molar-refractivity contribution in [3.8, 4) is 5.75 Å². The monoisotopic (exact) mass is 267 g/mol. The average Bonchev–Trinajstić information content (AvgIpc) is 2.36. The predicted molar refractivity (Wildman–Crippen MR) is 78.1 cm³/mol. The van der Waals surface area contributed by atoms with Gasteiger partial charge in [0.25, 0.3) is 0 Å². The van der Waals surface area contributed by atoms with E-state index in [1.165, 1.54) is 7.11 Å². The molecule has 0 saturated heterocycles. The number of methoxy groups -OCH3 is 1. The highest BCUT2D eigenvalue weighted by Gasteiger charge is 2.14. The second kappa shape index (κ2) is 7.49. The van der Waals surface area contributed by atoms with Crippen molar-refractivity contribution in [3.05, 3.63) is 29.6 Å². The predicted octanol–water partition coefficient (Wildman–Crippen LogP) is 3.65. The van der Waals surface area contributed by atoms with Crippen LogP contribution in [0.15, 0.2) is 18.2 Å². The van der Waals surface area contributed by atoms with Crippen molar-refractivity contribution >= 4 is 0 Å². The lowest BCUT2D eigenvalue weighted by molar-refractivity contribution is 0.353. The van der Waals surface area contributed by atoms with E-state index in [0.717, 1.165) is 18.5 Å².